The Hall–Kier alpha value is -8.02. The van der Waals surface area contributed by atoms with Crippen molar-refractivity contribution in [1.29, 1.82) is 0 Å². The van der Waals surface area contributed by atoms with Crippen LogP contribution in [0.1, 0.15) is 111 Å². The third kappa shape index (κ3) is 4.71. The topological polar surface area (TPSA) is 245 Å². The molecule has 4 aromatic carbocycles. The monoisotopic (exact) mass is 858 g/mol. The van der Waals surface area contributed by atoms with Gasteiger partial charge in [-0.3, -0.25) is 47.9 Å². The Morgan fingerprint density at radius 2 is 0.762 bits per heavy atom. The molecule has 0 saturated carbocycles. The Bertz CT molecular complexity index is 2770. The summed E-state index contributed by atoms with van der Waals surface area (Å²) < 4.78 is 49.0. The molecule has 63 heavy (non-hydrogen) atoms. The molecule has 0 amide bonds. The van der Waals surface area contributed by atoms with E-state index in [-0.39, 0.29) is 33.4 Å². The standard InChI is InChI=1S/C45H30O18/c1-19(46)56-34-32-35(62-44(60-23(5)50)29-17-11-9-15-27(29)39(54)42(32,44)58-21(3)48)31(41(57-20(2)47)37(52)25-13-7-8-14-26(25)38(41)53)36-33(34)43(59-22(4)49)40(55)28-16-10-12-18-30(28)45(43,63-36)61-24(6)51/h7-18H,1-6H3/t42-,43+,44-,45+. The van der Waals surface area contributed by atoms with Crippen molar-refractivity contribution in [3.63, 3.8) is 0 Å². The van der Waals surface area contributed by atoms with Gasteiger partial charge in [0.1, 0.15) is 11.5 Å². The zero-order valence-corrected chi connectivity index (χ0v) is 33.8. The first-order valence-corrected chi connectivity index (χ1v) is 19.0. The highest BCUT2D eigenvalue weighted by Gasteiger charge is 2.84. The molecule has 0 bridgehead atoms. The van der Waals surface area contributed by atoms with Gasteiger partial charge < -0.3 is 37.9 Å². The van der Waals surface area contributed by atoms with E-state index in [1.807, 2.05) is 0 Å². The zero-order valence-electron chi connectivity index (χ0n) is 33.8. The van der Waals surface area contributed by atoms with Crippen LogP contribution >= 0.6 is 0 Å². The van der Waals surface area contributed by atoms with Gasteiger partial charge in [0.05, 0.1) is 27.8 Å². The first kappa shape index (κ1) is 40.4. The lowest BCUT2D eigenvalue weighted by molar-refractivity contribution is -0.256. The van der Waals surface area contributed by atoms with Gasteiger partial charge in [-0.25, -0.2) is 0 Å². The molecule has 0 N–H and O–H groups in total. The lowest BCUT2D eigenvalue weighted by atomic mass is 9.75. The molecule has 0 unspecified atom stereocenters. The molecule has 0 fully saturated rings. The number of ketones is 4. The van der Waals surface area contributed by atoms with E-state index >= 15 is 19.2 Å². The van der Waals surface area contributed by atoms with E-state index in [0.29, 0.717) is 0 Å². The van der Waals surface area contributed by atoms with Crippen molar-refractivity contribution in [2.45, 2.75) is 69.9 Å². The molecule has 2 aliphatic heterocycles. The third-order valence-electron chi connectivity index (χ3n) is 11.3. The highest BCUT2D eigenvalue weighted by atomic mass is 16.8. The van der Waals surface area contributed by atoms with Crippen molar-refractivity contribution in [2.75, 3.05) is 0 Å². The molecule has 2 heterocycles. The molecular formula is C45H30O18. The minimum atomic E-state index is -3.30. The maximum absolute atomic E-state index is 15.4. The molecule has 4 atom stereocenters. The molecule has 0 aromatic heterocycles. The summed E-state index contributed by atoms with van der Waals surface area (Å²) in [6.07, 6.45) is 0. The van der Waals surface area contributed by atoms with E-state index < -0.39 is 121 Å². The van der Waals surface area contributed by atoms with Crippen molar-refractivity contribution in [1.82, 2.24) is 0 Å². The number of hydrogen-bond acceptors (Lipinski definition) is 18. The van der Waals surface area contributed by atoms with E-state index in [4.69, 9.17) is 37.9 Å². The average Bonchev–Trinajstić information content (AvgIpc) is 3.83. The number of benzene rings is 4. The van der Waals surface area contributed by atoms with Crippen LogP contribution < -0.4 is 14.2 Å². The van der Waals surface area contributed by atoms with Gasteiger partial charge in [0.25, 0.3) is 16.8 Å². The van der Waals surface area contributed by atoms with E-state index in [9.17, 15) is 28.8 Å². The van der Waals surface area contributed by atoms with Crippen LogP contribution in [0, 0.1) is 0 Å². The number of ether oxygens (including phenoxy) is 8. The molecule has 18 heteroatoms. The molecule has 9 rings (SSSR count). The van der Waals surface area contributed by atoms with Crippen LogP contribution in [0.25, 0.3) is 0 Å². The van der Waals surface area contributed by atoms with E-state index in [1.165, 1.54) is 72.8 Å². The van der Waals surface area contributed by atoms with E-state index in [2.05, 4.69) is 0 Å². The number of carbonyl (C=O) groups is 10. The fourth-order valence-corrected chi connectivity index (χ4v) is 9.59. The van der Waals surface area contributed by atoms with Crippen LogP contribution in [0.3, 0.4) is 0 Å². The zero-order chi connectivity index (χ0) is 45.3. The van der Waals surface area contributed by atoms with Crippen LogP contribution in [0.5, 0.6) is 17.2 Å². The molecule has 318 valence electrons. The molecule has 5 aliphatic rings. The lowest BCUT2D eigenvalue weighted by Gasteiger charge is -2.37. The van der Waals surface area contributed by atoms with Gasteiger partial charge in [0.15, 0.2) is 5.75 Å². The van der Waals surface area contributed by atoms with Gasteiger partial charge in [-0.15, -0.1) is 0 Å². The number of esters is 6. The first-order valence-electron chi connectivity index (χ1n) is 19.0. The average molecular weight is 859 g/mol. The fourth-order valence-electron chi connectivity index (χ4n) is 9.59. The summed E-state index contributed by atoms with van der Waals surface area (Å²) in [5.74, 6) is -21.1. The summed E-state index contributed by atoms with van der Waals surface area (Å²) in [5.41, 5.74) is -14.2. The molecule has 0 radical (unpaired) electrons. The normalized spacial score (nSPS) is 24.5. The lowest BCUT2D eigenvalue weighted by Crippen LogP contribution is -2.55. The Balaban J connectivity index is 1.59. The Labute approximate surface area is 354 Å². The summed E-state index contributed by atoms with van der Waals surface area (Å²) in [6, 6.07) is 16.0. The summed E-state index contributed by atoms with van der Waals surface area (Å²) in [4.78, 5) is 142. The number of fused-ring (bicyclic) bond motifs is 11. The highest BCUT2D eigenvalue weighted by Crippen LogP contribution is 2.74. The van der Waals surface area contributed by atoms with Gasteiger partial charge in [0, 0.05) is 63.8 Å². The maximum atomic E-state index is 15.4. The number of hydrogen-bond donors (Lipinski definition) is 0. The van der Waals surface area contributed by atoms with E-state index in [0.717, 1.165) is 41.5 Å². The summed E-state index contributed by atoms with van der Waals surface area (Å²) >= 11 is 0. The quantitative estimate of drug-likeness (QED) is 0.110. The second-order valence-corrected chi connectivity index (χ2v) is 15.1. The molecule has 3 aliphatic carbocycles. The minimum Gasteiger partial charge on any atom is -0.443 e. The predicted octanol–water partition coefficient (Wildman–Crippen LogP) is 3.98. The largest absolute Gasteiger partial charge is 0.443 e. The van der Waals surface area contributed by atoms with Crippen molar-refractivity contribution in [3.8, 4) is 17.2 Å². The second-order valence-electron chi connectivity index (χ2n) is 15.1. The van der Waals surface area contributed by atoms with Crippen LogP contribution in [0.4, 0.5) is 0 Å². The molecular weight excluding hydrogens is 828 g/mol. The minimum absolute atomic E-state index is 0.273. The summed E-state index contributed by atoms with van der Waals surface area (Å²) in [7, 11) is 0. The Morgan fingerprint density at radius 1 is 0.413 bits per heavy atom. The second kappa shape index (κ2) is 13.0. The van der Waals surface area contributed by atoms with Gasteiger partial charge in [-0.2, -0.15) is 0 Å². The third-order valence-corrected chi connectivity index (χ3v) is 11.3. The molecule has 0 spiro atoms. The smallest absolute Gasteiger partial charge is 0.334 e. The first-order chi connectivity index (χ1) is 29.8. The maximum Gasteiger partial charge on any atom is 0.334 e. The van der Waals surface area contributed by atoms with Crippen LogP contribution in [0.2, 0.25) is 0 Å². The van der Waals surface area contributed by atoms with E-state index in [1.54, 1.807) is 0 Å². The number of Topliss-reactive ketones (excluding diaryl/α,β-unsaturated/α-hetero) is 4. The number of carbonyl (C=O) groups excluding carboxylic acids is 10. The molecule has 0 saturated heterocycles. The summed E-state index contributed by atoms with van der Waals surface area (Å²) in [5, 5.41) is 0. The van der Waals surface area contributed by atoms with Gasteiger partial charge in [0.2, 0.25) is 23.1 Å². The molecule has 18 nitrogen and oxygen atoms in total. The Morgan fingerprint density at radius 3 is 1.11 bits per heavy atom. The van der Waals surface area contributed by atoms with Crippen molar-refractivity contribution >= 4 is 58.9 Å². The van der Waals surface area contributed by atoms with Crippen molar-refractivity contribution in [2.24, 2.45) is 0 Å². The fraction of sp³-hybridized carbons (Fsp3) is 0.244. The van der Waals surface area contributed by atoms with Crippen molar-refractivity contribution in [3.05, 3.63) is 123 Å². The molecule has 4 aromatic rings. The van der Waals surface area contributed by atoms with Gasteiger partial charge in [-0.05, 0) is 0 Å². The number of rotatable bonds is 7. The van der Waals surface area contributed by atoms with Crippen LogP contribution in [0.15, 0.2) is 72.8 Å². The van der Waals surface area contributed by atoms with Gasteiger partial charge >= 0.3 is 47.4 Å². The Kier molecular flexibility index (Phi) is 8.33. The predicted molar refractivity (Wildman–Crippen MR) is 203 cm³/mol. The SMILES string of the molecule is CC(=O)Oc1c2c(c(C3(OC(C)=O)C(=O)c4ccccc4C3=O)c3c1[C@@]1(OC(C)=O)C(=O)c4ccccc4[C@@]1(OC(C)=O)O3)O[C@@]1(OC(C)=O)c3ccccc3C(=O)[C@@]21OC(C)=O. The summed E-state index contributed by atoms with van der Waals surface area (Å²) in [6.45, 7) is 5.31. The van der Waals surface area contributed by atoms with Crippen molar-refractivity contribution < 1.29 is 85.8 Å². The highest BCUT2D eigenvalue weighted by molar-refractivity contribution is 6.33. The van der Waals surface area contributed by atoms with Crippen LogP contribution in [-0.2, 0) is 80.8 Å². The van der Waals surface area contributed by atoms with Crippen LogP contribution in [-0.4, -0.2) is 58.9 Å². The van der Waals surface area contributed by atoms with Gasteiger partial charge in [-0.1, -0.05) is 72.8 Å².